The minimum atomic E-state index is 0.404. The molecule has 0 aliphatic carbocycles. The number of hydrogen-bond acceptors (Lipinski definition) is 4. The third kappa shape index (κ3) is 2.63. The molecule has 1 aromatic carbocycles. The summed E-state index contributed by atoms with van der Waals surface area (Å²) in [6, 6.07) is 8.93. The second kappa shape index (κ2) is 5.82. The maximum atomic E-state index is 4.73. The van der Waals surface area contributed by atoms with Crippen LogP contribution in [0.1, 0.15) is 30.7 Å². The molecule has 0 spiro atoms. The van der Waals surface area contributed by atoms with Gasteiger partial charge in [-0.15, -0.1) is 0 Å². The van der Waals surface area contributed by atoms with Crippen molar-refractivity contribution in [1.82, 2.24) is 15.3 Å². The van der Waals surface area contributed by atoms with E-state index >= 15 is 0 Å². The lowest BCUT2D eigenvalue weighted by molar-refractivity contribution is 0.707. The van der Waals surface area contributed by atoms with Crippen molar-refractivity contribution in [2.45, 2.75) is 39.8 Å². The van der Waals surface area contributed by atoms with Crippen molar-refractivity contribution in [2.75, 3.05) is 11.4 Å². The van der Waals surface area contributed by atoms with Gasteiger partial charge in [0.15, 0.2) is 0 Å². The van der Waals surface area contributed by atoms with Crippen molar-refractivity contribution in [2.24, 2.45) is 0 Å². The predicted octanol–water partition coefficient (Wildman–Crippen LogP) is 2.98. The molecule has 0 radical (unpaired) electrons. The second-order valence-electron chi connectivity index (χ2n) is 5.61. The third-order valence-electron chi connectivity index (χ3n) is 4.06. The minimum absolute atomic E-state index is 0.404. The zero-order chi connectivity index (χ0) is 14.8. The topological polar surface area (TPSA) is 41.1 Å². The van der Waals surface area contributed by atoms with Crippen molar-refractivity contribution in [3.63, 3.8) is 0 Å². The molecule has 1 aromatic heterocycles. The van der Waals surface area contributed by atoms with Gasteiger partial charge < -0.3 is 10.2 Å². The van der Waals surface area contributed by atoms with Gasteiger partial charge in [0.1, 0.15) is 0 Å². The number of nitrogens with zero attached hydrogens (tertiary/aromatic N) is 3. The SMILES string of the molecule is CCNCc1cnc(N2c3ccccc3CC2C)nc1C. The number of rotatable bonds is 4. The minimum Gasteiger partial charge on any atom is -0.313 e. The Hall–Kier alpha value is -1.94. The first kappa shape index (κ1) is 14.0. The van der Waals surface area contributed by atoms with Gasteiger partial charge in [-0.3, -0.25) is 0 Å². The van der Waals surface area contributed by atoms with E-state index in [0.717, 1.165) is 31.2 Å². The summed E-state index contributed by atoms with van der Waals surface area (Å²) in [6.45, 7) is 8.18. The molecular formula is C17H22N4. The first-order chi connectivity index (χ1) is 10.2. The summed E-state index contributed by atoms with van der Waals surface area (Å²) in [7, 11) is 0. The highest BCUT2D eigenvalue weighted by Crippen LogP contribution is 2.36. The van der Waals surface area contributed by atoms with Crippen LogP contribution in [0.5, 0.6) is 0 Å². The Labute approximate surface area is 126 Å². The molecule has 1 atom stereocenters. The molecule has 0 amide bonds. The summed E-state index contributed by atoms with van der Waals surface area (Å²) >= 11 is 0. The fraction of sp³-hybridized carbons (Fsp3) is 0.412. The van der Waals surface area contributed by atoms with E-state index in [4.69, 9.17) is 4.98 Å². The fourth-order valence-electron chi connectivity index (χ4n) is 2.90. The van der Waals surface area contributed by atoms with Crippen molar-refractivity contribution in [1.29, 1.82) is 0 Å². The predicted molar refractivity (Wildman–Crippen MR) is 85.9 cm³/mol. The van der Waals surface area contributed by atoms with Gasteiger partial charge in [-0.1, -0.05) is 25.1 Å². The molecule has 21 heavy (non-hydrogen) atoms. The van der Waals surface area contributed by atoms with E-state index in [2.05, 4.69) is 60.2 Å². The van der Waals surface area contributed by atoms with Crippen molar-refractivity contribution in [3.05, 3.63) is 47.3 Å². The maximum absolute atomic E-state index is 4.73. The first-order valence-electron chi connectivity index (χ1n) is 7.61. The summed E-state index contributed by atoms with van der Waals surface area (Å²) in [5.74, 6) is 0.810. The fourth-order valence-corrected chi connectivity index (χ4v) is 2.90. The second-order valence-corrected chi connectivity index (χ2v) is 5.61. The van der Waals surface area contributed by atoms with Crippen LogP contribution in [0.2, 0.25) is 0 Å². The van der Waals surface area contributed by atoms with Crippen molar-refractivity contribution >= 4 is 11.6 Å². The summed E-state index contributed by atoms with van der Waals surface area (Å²) in [6.07, 6.45) is 3.01. The smallest absolute Gasteiger partial charge is 0.230 e. The van der Waals surface area contributed by atoms with Crippen LogP contribution in [0.3, 0.4) is 0 Å². The number of fused-ring (bicyclic) bond motifs is 1. The standard InChI is InChI=1S/C17H22N4/c1-4-18-10-15-11-19-17(20-13(15)3)21-12(2)9-14-7-5-6-8-16(14)21/h5-8,11-12,18H,4,9-10H2,1-3H3. The molecule has 0 fully saturated rings. The quantitative estimate of drug-likeness (QED) is 0.936. The molecule has 4 heteroatoms. The van der Waals surface area contributed by atoms with Gasteiger partial charge in [0.2, 0.25) is 5.95 Å². The Bertz CT molecular complexity index is 638. The first-order valence-corrected chi connectivity index (χ1v) is 7.61. The molecule has 0 saturated heterocycles. The number of aromatic nitrogens is 2. The average Bonchev–Trinajstić information content (AvgIpc) is 2.82. The maximum Gasteiger partial charge on any atom is 0.230 e. The van der Waals surface area contributed by atoms with Crippen LogP contribution in [0.15, 0.2) is 30.5 Å². The molecule has 1 aliphatic heterocycles. The molecule has 3 rings (SSSR count). The lowest BCUT2D eigenvalue weighted by Crippen LogP contribution is -2.26. The number of para-hydroxylation sites is 1. The van der Waals surface area contributed by atoms with E-state index in [1.54, 1.807) is 0 Å². The summed E-state index contributed by atoms with van der Waals surface area (Å²) in [5.41, 5.74) is 4.84. The highest BCUT2D eigenvalue weighted by atomic mass is 15.3. The Morgan fingerprint density at radius 2 is 2.14 bits per heavy atom. The molecule has 1 N–H and O–H groups in total. The Morgan fingerprint density at radius 3 is 2.90 bits per heavy atom. The zero-order valence-electron chi connectivity index (χ0n) is 12.9. The summed E-state index contributed by atoms with van der Waals surface area (Å²) in [4.78, 5) is 11.6. The van der Waals surface area contributed by atoms with Gasteiger partial charge in [0, 0.05) is 35.7 Å². The highest BCUT2D eigenvalue weighted by Gasteiger charge is 2.28. The van der Waals surface area contributed by atoms with Gasteiger partial charge in [0.25, 0.3) is 0 Å². The van der Waals surface area contributed by atoms with Crippen molar-refractivity contribution < 1.29 is 0 Å². The van der Waals surface area contributed by atoms with Crippen LogP contribution in [0.25, 0.3) is 0 Å². The molecule has 2 aromatic rings. The van der Waals surface area contributed by atoms with Gasteiger partial charge in [-0.05, 0) is 38.4 Å². The Kier molecular flexibility index (Phi) is 3.88. The molecule has 1 unspecified atom stereocenters. The molecule has 2 heterocycles. The monoisotopic (exact) mass is 282 g/mol. The Balaban J connectivity index is 1.92. The van der Waals surface area contributed by atoms with Gasteiger partial charge in [0.05, 0.1) is 0 Å². The molecular weight excluding hydrogens is 260 g/mol. The average molecular weight is 282 g/mol. The molecule has 110 valence electrons. The highest BCUT2D eigenvalue weighted by molar-refractivity contribution is 5.67. The van der Waals surface area contributed by atoms with Crippen LogP contribution in [-0.4, -0.2) is 22.6 Å². The molecule has 4 nitrogen and oxygen atoms in total. The van der Waals surface area contributed by atoms with Gasteiger partial charge in [-0.2, -0.15) is 0 Å². The number of benzene rings is 1. The molecule has 1 aliphatic rings. The van der Waals surface area contributed by atoms with E-state index in [1.165, 1.54) is 16.8 Å². The van der Waals surface area contributed by atoms with Gasteiger partial charge >= 0.3 is 0 Å². The number of hydrogen-bond donors (Lipinski definition) is 1. The van der Waals surface area contributed by atoms with E-state index in [-0.39, 0.29) is 0 Å². The third-order valence-corrected chi connectivity index (χ3v) is 4.06. The Morgan fingerprint density at radius 1 is 1.33 bits per heavy atom. The van der Waals surface area contributed by atoms with E-state index < -0.39 is 0 Å². The van der Waals surface area contributed by atoms with Crippen LogP contribution in [-0.2, 0) is 13.0 Å². The van der Waals surface area contributed by atoms with Crippen LogP contribution in [0.4, 0.5) is 11.6 Å². The summed E-state index contributed by atoms with van der Waals surface area (Å²) in [5, 5.41) is 3.33. The van der Waals surface area contributed by atoms with Crippen LogP contribution < -0.4 is 10.2 Å². The largest absolute Gasteiger partial charge is 0.313 e. The van der Waals surface area contributed by atoms with Crippen molar-refractivity contribution in [3.8, 4) is 0 Å². The zero-order valence-corrected chi connectivity index (χ0v) is 12.9. The molecule has 0 bridgehead atoms. The van der Waals surface area contributed by atoms with Gasteiger partial charge in [-0.25, -0.2) is 9.97 Å². The number of nitrogens with one attached hydrogen (secondary N) is 1. The lowest BCUT2D eigenvalue weighted by atomic mass is 10.1. The van der Waals surface area contributed by atoms with Crippen LogP contribution >= 0.6 is 0 Å². The van der Waals surface area contributed by atoms with E-state index in [0.29, 0.717) is 6.04 Å². The van der Waals surface area contributed by atoms with E-state index in [1.807, 2.05) is 6.20 Å². The number of aryl methyl sites for hydroxylation is 1. The lowest BCUT2D eigenvalue weighted by Gasteiger charge is -2.23. The molecule has 0 saturated carbocycles. The number of anilines is 2. The normalized spacial score (nSPS) is 17.1. The van der Waals surface area contributed by atoms with Crippen LogP contribution in [0, 0.1) is 6.92 Å². The summed E-state index contributed by atoms with van der Waals surface area (Å²) < 4.78 is 0. The van der Waals surface area contributed by atoms with E-state index in [9.17, 15) is 0 Å².